The van der Waals surface area contributed by atoms with Crippen molar-refractivity contribution >= 4 is 32.4 Å². The van der Waals surface area contributed by atoms with Crippen molar-refractivity contribution in [1.29, 1.82) is 0 Å². The maximum absolute atomic E-state index is 5.33. The summed E-state index contributed by atoms with van der Waals surface area (Å²) >= 11 is 0. The lowest BCUT2D eigenvalue weighted by atomic mass is 9.91. The van der Waals surface area contributed by atoms with Crippen LogP contribution in [0.4, 0.5) is 0 Å². The average molecular weight is 839 g/mol. The summed E-state index contributed by atoms with van der Waals surface area (Å²) in [7, 11) is 0. The van der Waals surface area contributed by atoms with Gasteiger partial charge in [0, 0.05) is 21.9 Å². The quantitative estimate of drug-likeness (QED) is 0.143. The molecule has 0 saturated heterocycles. The first-order valence-corrected chi connectivity index (χ1v) is 22.5. The van der Waals surface area contributed by atoms with Crippen molar-refractivity contribution in [1.82, 2.24) is 9.97 Å². The molecule has 0 bridgehead atoms. The number of hydrogen-bond acceptors (Lipinski definition) is 2. The van der Waals surface area contributed by atoms with Crippen LogP contribution in [0, 0.1) is 0 Å². The van der Waals surface area contributed by atoms with Gasteiger partial charge in [0.2, 0.25) is 0 Å². The molecule has 0 aliphatic rings. The third-order valence-corrected chi connectivity index (χ3v) is 12.8. The van der Waals surface area contributed by atoms with Gasteiger partial charge in [0.05, 0.1) is 11.2 Å². The number of rotatable bonds is 8. The minimum atomic E-state index is 0.728. The van der Waals surface area contributed by atoms with Crippen LogP contribution in [0.25, 0.3) is 122 Å². The number of fused-ring (bicyclic) bond motifs is 4. The Hall–Kier alpha value is -8.72. The Morgan fingerprint density at radius 2 is 0.591 bits per heavy atom. The van der Waals surface area contributed by atoms with E-state index in [-0.39, 0.29) is 0 Å². The highest BCUT2D eigenvalue weighted by molar-refractivity contribution is 6.10. The Balaban J connectivity index is 0.876. The van der Waals surface area contributed by atoms with Crippen molar-refractivity contribution in [2.45, 2.75) is 0 Å². The molecule has 11 aromatic carbocycles. The predicted molar refractivity (Wildman–Crippen MR) is 278 cm³/mol. The van der Waals surface area contributed by atoms with E-state index < -0.39 is 0 Å². The Labute approximate surface area is 384 Å². The summed E-state index contributed by atoms with van der Waals surface area (Å²) in [6.45, 7) is 0. The second kappa shape index (κ2) is 16.8. The van der Waals surface area contributed by atoms with Crippen LogP contribution in [0.1, 0.15) is 0 Å². The number of aromatic nitrogens is 2. The molecule has 0 radical (unpaired) electrons. The molecule has 0 unspecified atom stereocenters. The molecule has 0 atom stereocenters. The smallest absolute Gasteiger partial charge is 0.161 e. The van der Waals surface area contributed by atoms with Crippen molar-refractivity contribution in [2.24, 2.45) is 0 Å². The summed E-state index contributed by atoms with van der Waals surface area (Å²) in [5.41, 5.74) is 18.2. The van der Waals surface area contributed by atoms with E-state index in [1.165, 1.54) is 61.0 Å². The van der Waals surface area contributed by atoms with E-state index in [0.29, 0.717) is 0 Å². The zero-order valence-electron chi connectivity index (χ0n) is 36.1. The van der Waals surface area contributed by atoms with Crippen LogP contribution < -0.4 is 0 Å². The Morgan fingerprint density at radius 3 is 1.17 bits per heavy atom. The molecule has 308 valence electrons. The molecule has 0 fully saturated rings. The molecule has 0 aliphatic carbocycles. The summed E-state index contributed by atoms with van der Waals surface area (Å²) < 4.78 is 0. The molecule has 0 spiro atoms. The molecule has 0 amide bonds. The van der Waals surface area contributed by atoms with Crippen molar-refractivity contribution in [2.75, 3.05) is 0 Å². The molecule has 0 aliphatic heterocycles. The first-order chi connectivity index (χ1) is 32.7. The predicted octanol–water partition coefficient (Wildman–Crippen LogP) is 17.3. The standard InChI is InChI=1S/C64H42N2/c1-3-15-43(16-4-1)55-40-56(44-17-5-2-6-18-44)42-57(41-55)54-27-13-26-53(39-54)52-25-12-24-51(38-52)50-23-11-22-49(37-50)45-31-33-48(34-32-45)62-61-36-35-47-20-8-10-29-59(47)63(61)66-64(65-62)60-30-14-21-46-19-7-9-28-58(46)60/h1-42H. The minimum absolute atomic E-state index is 0.728. The molecule has 66 heavy (non-hydrogen) atoms. The molecular weight excluding hydrogens is 797 g/mol. The van der Waals surface area contributed by atoms with Gasteiger partial charge in [-0.2, -0.15) is 0 Å². The molecule has 2 heteroatoms. The molecule has 0 N–H and O–H groups in total. The van der Waals surface area contributed by atoms with E-state index in [9.17, 15) is 0 Å². The van der Waals surface area contributed by atoms with Gasteiger partial charge in [0.1, 0.15) is 0 Å². The van der Waals surface area contributed by atoms with Gasteiger partial charge in [0.25, 0.3) is 0 Å². The number of nitrogens with zero attached hydrogens (tertiary/aromatic N) is 2. The number of hydrogen-bond donors (Lipinski definition) is 0. The molecule has 1 aromatic heterocycles. The van der Waals surface area contributed by atoms with Crippen molar-refractivity contribution < 1.29 is 0 Å². The van der Waals surface area contributed by atoms with E-state index >= 15 is 0 Å². The summed E-state index contributed by atoms with van der Waals surface area (Å²) in [5, 5.41) is 5.63. The minimum Gasteiger partial charge on any atom is -0.227 e. The fourth-order valence-corrected chi connectivity index (χ4v) is 9.47. The summed E-state index contributed by atoms with van der Waals surface area (Å²) in [6, 6.07) is 91.5. The fraction of sp³-hybridized carbons (Fsp3) is 0. The average Bonchev–Trinajstić information content (AvgIpc) is 3.41. The van der Waals surface area contributed by atoms with Crippen molar-refractivity contribution in [3.05, 3.63) is 255 Å². The highest BCUT2D eigenvalue weighted by Crippen LogP contribution is 2.38. The Kier molecular flexibility index (Phi) is 9.89. The van der Waals surface area contributed by atoms with Crippen LogP contribution >= 0.6 is 0 Å². The van der Waals surface area contributed by atoms with Crippen molar-refractivity contribution in [3.63, 3.8) is 0 Å². The summed E-state index contributed by atoms with van der Waals surface area (Å²) in [4.78, 5) is 10.6. The topological polar surface area (TPSA) is 25.8 Å². The van der Waals surface area contributed by atoms with Crippen LogP contribution in [0.3, 0.4) is 0 Å². The van der Waals surface area contributed by atoms with Crippen LogP contribution in [-0.4, -0.2) is 9.97 Å². The Bertz CT molecular complexity index is 3680. The van der Waals surface area contributed by atoms with Gasteiger partial charge < -0.3 is 0 Å². The highest BCUT2D eigenvalue weighted by atomic mass is 14.9. The van der Waals surface area contributed by atoms with E-state index in [4.69, 9.17) is 9.97 Å². The molecule has 1 heterocycles. The van der Waals surface area contributed by atoms with Crippen LogP contribution in [0.15, 0.2) is 255 Å². The summed E-state index contributed by atoms with van der Waals surface area (Å²) in [5.74, 6) is 0.728. The van der Waals surface area contributed by atoms with Gasteiger partial charge in [-0.15, -0.1) is 0 Å². The van der Waals surface area contributed by atoms with Crippen molar-refractivity contribution in [3.8, 4) is 89.4 Å². The van der Waals surface area contributed by atoms with E-state index in [0.717, 1.165) is 60.8 Å². The Morgan fingerprint density at radius 1 is 0.212 bits per heavy atom. The monoisotopic (exact) mass is 838 g/mol. The lowest BCUT2D eigenvalue weighted by Gasteiger charge is -2.13. The molecule has 2 nitrogen and oxygen atoms in total. The van der Waals surface area contributed by atoms with Crippen LogP contribution in [-0.2, 0) is 0 Å². The maximum Gasteiger partial charge on any atom is 0.161 e. The third kappa shape index (κ3) is 7.41. The van der Waals surface area contributed by atoms with Gasteiger partial charge in [-0.25, -0.2) is 9.97 Å². The second-order valence-electron chi connectivity index (χ2n) is 17.0. The van der Waals surface area contributed by atoms with Gasteiger partial charge >= 0.3 is 0 Å². The molecular formula is C64H42N2. The largest absolute Gasteiger partial charge is 0.227 e. The highest BCUT2D eigenvalue weighted by Gasteiger charge is 2.16. The zero-order chi connectivity index (χ0) is 43.8. The molecule has 12 rings (SSSR count). The number of benzene rings is 11. The lowest BCUT2D eigenvalue weighted by Crippen LogP contribution is -1.96. The first-order valence-electron chi connectivity index (χ1n) is 22.5. The second-order valence-corrected chi connectivity index (χ2v) is 17.0. The zero-order valence-corrected chi connectivity index (χ0v) is 36.1. The molecule has 12 aromatic rings. The van der Waals surface area contributed by atoms with Crippen LogP contribution in [0.5, 0.6) is 0 Å². The normalized spacial score (nSPS) is 11.3. The van der Waals surface area contributed by atoms with E-state index in [1.54, 1.807) is 0 Å². The first kappa shape index (κ1) is 38.9. The van der Waals surface area contributed by atoms with E-state index in [2.05, 4.69) is 255 Å². The van der Waals surface area contributed by atoms with Gasteiger partial charge in [-0.3, -0.25) is 0 Å². The third-order valence-electron chi connectivity index (χ3n) is 12.8. The lowest BCUT2D eigenvalue weighted by molar-refractivity contribution is 1.24. The summed E-state index contributed by atoms with van der Waals surface area (Å²) in [6.07, 6.45) is 0. The van der Waals surface area contributed by atoms with E-state index in [1.807, 2.05) is 0 Å². The van der Waals surface area contributed by atoms with Crippen LogP contribution in [0.2, 0.25) is 0 Å². The molecule has 0 saturated carbocycles. The van der Waals surface area contributed by atoms with Gasteiger partial charge in [-0.05, 0) is 125 Å². The fourth-order valence-electron chi connectivity index (χ4n) is 9.47. The SMILES string of the molecule is c1ccc(-c2cc(-c3ccccc3)cc(-c3cccc(-c4cccc(-c5cccc(-c6ccc(-c7nc(-c8cccc9ccccc89)nc8c7ccc7ccccc78)cc6)c5)c4)c3)c2)cc1. The van der Waals surface area contributed by atoms with Gasteiger partial charge in [-0.1, -0.05) is 212 Å². The maximum atomic E-state index is 5.33. The van der Waals surface area contributed by atoms with Gasteiger partial charge in [0.15, 0.2) is 5.82 Å².